The number of carbonyl (C=O) groups excluding carboxylic acids is 3. The molecule has 0 bridgehead atoms. The summed E-state index contributed by atoms with van der Waals surface area (Å²) in [6, 6.07) is 5.10. The predicted octanol–water partition coefficient (Wildman–Crippen LogP) is 2.22. The van der Waals surface area contributed by atoms with Crippen LogP contribution < -0.4 is 16.0 Å². The first kappa shape index (κ1) is 24.5. The molecule has 3 amide bonds. The number of fused-ring (bicyclic) bond motifs is 1. The summed E-state index contributed by atoms with van der Waals surface area (Å²) in [4.78, 5) is 38.1. The Morgan fingerprint density at radius 1 is 1.06 bits per heavy atom. The van der Waals surface area contributed by atoms with Crippen LogP contribution in [0.3, 0.4) is 0 Å². The van der Waals surface area contributed by atoms with Gasteiger partial charge in [-0.2, -0.15) is 0 Å². The minimum atomic E-state index is -0.578. The Balaban J connectivity index is 0.00000289. The highest BCUT2D eigenvalue weighted by Gasteiger charge is 2.39. The Morgan fingerprint density at radius 3 is 2.66 bits per heavy atom. The number of hydrogen-bond acceptors (Lipinski definition) is 6. The van der Waals surface area contributed by atoms with Gasteiger partial charge in [0.15, 0.2) is 0 Å². The number of nitrogens with one attached hydrogen (secondary N) is 3. The fourth-order valence-electron chi connectivity index (χ4n) is 4.59. The van der Waals surface area contributed by atoms with Crippen molar-refractivity contribution in [3.8, 4) is 0 Å². The summed E-state index contributed by atoms with van der Waals surface area (Å²) < 4.78 is 5.95. The van der Waals surface area contributed by atoms with Crippen LogP contribution in [0.1, 0.15) is 60.9 Å². The van der Waals surface area contributed by atoms with Crippen LogP contribution in [0.25, 0.3) is 0 Å². The van der Waals surface area contributed by atoms with Gasteiger partial charge in [-0.15, -0.1) is 12.4 Å². The summed E-state index contributed by atoms with van der Waals surface area (Å²) in [5, 5.41) is 9.16. The first-order chi connectivity index (χ1) is 15.1. The van der Waals surface area contributed by atoms with Gasteiger partial charge in [-0.1, -0.05) is 6.07 Å². The van der Waals surface area contributed by atoms with E-state index >= 15 is 0 Å². The number of imide groups is 1. The second-order valence-corrected chi connectivity index (χ2v) is 8.54. The maximum Gasteiger partial charge on any atom is 0.255 e. The second-order valence-electron chi connectivity index (χ2n) is 8.54. The van der Waals surface area contributed by atoms with Crippen molar-refractivity contribution < 1.29 is 19.1 Å². The lowest BCUT2D eigenvalue weighted by atomic mass is 10.0. The zero-order valence-corrected chi connectivity index (χ0v) is 19.2. The number of hydrogen-bond donors (Lipinski definition) is 3. The molecule has 1 aromatic rings. The fourth-order valence-corrected chi connectivity index (χ4v) is 4.59. The number of carbonyl (C=O) groups is 3. The third-order valence-corrected chi connectivity index (χ3v) is 6.36. The largest absolute Gasteiger partial charge is 0.385 e. The Kier molecular flexibility index (Phi) is 8.90. The zero-order valence-electron chi connectivity index (χ0n) is 18.4. The number of benzene rings is 1. The van der Waals surface area contributed by atoms with E-state index in [1.54, 1.807) is 4.90 Å². The SMILES string of the molecule is Cl.O=C1CCC(N2Cc3c(NCCCCCOC4CCNCC4)cccc3C2=O)C(=O)N1. The van der Waals surface area contributed by atoms with Gasteiger partial charge in [-0.3, -0.25) is 19.7 Å². The van der Waals surface area contributed by atoms with Crippen LogP contribution in [0.15, 0.2) is 18.2 Å². The quantitative estimate of drug-likeness (QED) is 0.383. The number of rotatable bonds is 9. The molecule has 2 fully saturated rings. The molecule has 0 saturated carbocycles. The molecule has 3 aliphatic heterocycles. The Hall–Kier alpha value is -2.16. The molecule has 2 saturated heterocycles. The molecule has 0 spiro atoms. The molecule has 0 radical (unpaired) electrons. The molecule has 3 heterocycles. The van der Waals surface area contributed by atoms with Crippen LogP contribution >= 0.6 is 12.4 Å². The highest BCUT2D eigenvalue weighted by atomic mass is 35.5. The van der Waals surface area contributed by atoms with Gasteiger partial charge in [0.1, 0.15) is 6.04 Å². The summed E-state index contributed by atoms with van der Waals surface area (Å²) in [6.45, 7) is 4.16. The summed E-state index contributed by atoms with van der Waals surface area (Å²) >= 11 is 0. The van der Waals surface area contributed by atoms with Crippen molar-refractivity contribution in [2.24, 2.45) is 0 Å². The third-order valence-electron chi connectivity index (χ3n) is 6.36. The smallest absolute Gasteiger partial charge is 0.255 e. The molecular formula is C23H33ClN4O4. The van der Waals surface area contributed by atoms with Gasteiger partial charge in [0.25, 0.3) is 5.91 Å². The van der Waals surface area contributed by atoms with Crippen molar-refractivity contribution in [1.29, 1.82) is 0 Å². The molecule has 1 unspecified atom stereocenters. The van der Waals surface area contributed by atoms with Crippen molar-refractivity contribution in [2.45, 2.75) is 63.6 Å². The van der Waals surface area contributed by atoms with E-state index in [4.69, 9.17) is 4.74 Å². The topological polar surface area (TPSA) is 99.8 Å². The van der Waals surface area contributed by atoms with Crippen molar-refractivity contribution in [1.82, 2.24) is 15.5 Å². The van der Waals surface area contributed by atoms with Crippen LogP contribution in [-0.2, 0) is 20.9 Å². The number of piperidine rings is 2. The van der Waals surface area contributed by atoms with Crippen LogP contribution in [0.4, 0.5) is 5.69 Å². The van der Waals surface area contributed by atoms with Gasteiger partial charge in [0.05, 0.1) is 6.10 Å². The van der Waals surface area contributed by atoms with Gasteiger partial charge in [-0.05, 0) is 63.7 Å². The molecule has 4 rings (SSSR count). The van der Waals surface area contributed by atoms with Gasteiger partial charge in [0.2, 0.25) is 11.8 Å². The molecular weight excluding hydrogens is 432 g/mol. The first-order valence-electron chi connectivity index (χ1n) is 11.5. The number of ether oxygens (including phenoxy) is 1. The standard InChI is InChI=1S/C23H32N4O4.ClH/c28-21-8-7-20(22(29)26-21)27-15-18-17(23(27)30)5-4-6-19(18)25-11-2-1-3-14-31-16-9-12-24-13-10-16;/h4-6,16,20,24-25H,1-3,7-15H2,(H,26,28,29);1H. The zero-order chi connectivity index (χ0) is 21.6. The average molecular weight is 465 g/mol. The maximum absolute atomic E-state index is 12.9. The van der Waals surface area contributed by atoms with Crippen LogP contribution in [0.5, 0.6) is 0 Å². The molecule has 176 valence electrons. The monoisotopic (exact) mass is 464 g/mol. The van der Waals surface area contributed by atoms with Gasteiger partial charge >= 0.3 is 0 Å². The number of halogens is 1. The van der Waals surface area contributed by atoms with Crippen molar-refractivity contribution in [3.05, 3.63) is 29.3 Å². The number of nitrogens with zero attached hydrogens (tertiary/aromatic N) is 1. The van der Waals surface area contributed by atoms with Crippen LogP contribution in [-0.4, -0.2) is 61.0 Å². The van der Waals surface area contributed by atoms with E-state index in [0.29, 0.717) is 24.6 Å². The molecule has 32 heavy (non-hydrogen) atoms. The summed E-state index contributed by atoms with van der Waals surface area (Å²) in [7, 11) is 0. The lowest BCUT2D eigenvalue weighted by molar-refractivity contribution is -0.136. The number of amides is 3. The highest BCUT2D eigenvalue weighted by Crippen LogP contribution is 2.32. The summed E-state index contributed by atoms with van der Waals surface area (Å²) in [5.74, 6) is -0.782. The Morgan fingerprint density at radius 2 is 1.88 bits per heavy atom. The minimum Gasteiger partial charge on any atom is -0.385 e. The predicted molar refractivity (Wildman–Crippen MR) is 124 cm³/mol. The molecule has 8 nitrogen and oxygen atoms in total. The molecule has 3 N–H and O–H groups in total. The van der Waals surface area contributed by atoms with E-state index < -0.39 is 6.04 Å². The average Bonchev–Trinajstić information content (AvgIpc) is 3.11. The minimum absolute atomic E-state index is 0. The van der Waals surface area contributed by atoms with E-state index in [9.17, 15) is 14.4 Å². The first-order valence-corrected chi connectivity index (χ1v) is 11.5. The highest BCUT2D eigenvalue weighted by molar-refractivity contribution is 6.06. The number of unbranched alkanes of at least 4 members (excludes halogenated alkanes) is 2. The van der Waals surface area contributed by atoms with Crippen molar-refractivity contribution >= 4 is 35.8 Å². The van der Waals surface area contributed by atoms with E-state index in [1.165, 1.54) is 0 Å². The van der Waals surface area contributed by atoms with E-state index in [1.807, 2.05) is 18.2 Å². The molecule has 0 aromatic heterocycles. The van der Waals surface area contributed by atoms with Gasteiger partial charge < -0.3 is 20.3 Å². The van der Waals surface area contributed by atoms with Crippen LogP contribution in [0, 0.1) is 0 Å². The fraction of sp³-hybridized carbons (Fsp3) is 0.609. The second kappa shape index (κ2) is 11.6. The van der Waals surface area contributed by atoms with E-state index in [-0.39, 0.29) is 36.5 Å². The Bertz CT molecular complexity index is 828. The van der Waals surface area contributed by atoms with Crippen molar-refractivity contribution in [2.75, 3.05) is 31.6 Å². The summed E-state index contributed by atoms with van der Waals surface area (Å²) in [5.41, 5.74) is 2.53. The maximum atomic E-state index is 12.9. The lowest BCUT2D eigenvalue weighted by Gasteiger charge is -2.29. The van der Waals surface area contributed by atoms with Crippen LogP contribution in [0.2, 0.25) is 0 Å². The molecule has 9 heteroatoms. The molecule has 1 aromatic carbocycles. The Labute approximate surface area is 195 Å². The van der Waals surface area contributed by atoms with E-state index in [0.717, 1.165) is 69.6 Å². The normalized spacial score (nSPS) is 21.2. The van der Waals surface area contributed by atoms with E-state index in [2.05, 4.69) is 16.0 Å². The lowest BCUT2D eigenvalue weighted by Crippen LogP contribution is -2.52. The summed E-state index contributed by atoms with van der Waals surface area (Å²) in [6.07, 6.45) is 6.45. The van der Waals surface area contributed by atoms with Gasteiger partial charge in [-0.25, -0.2) is 0 Å². The third kappa shape index (κ3) is 5.79. The number of anilines is 1. The molecule has 1 atom stereocenters. The van der Waals surface area contributed by atoms with Gasteiger partial charge in [0, 0.05) is 42.9 Å². The molecule has 0 aliphatic carbocycles. The van der Waals surface area contributed by atoms with Crippen molar-refractivity contribution in [3.63, 3.8) is 0 Å². The molecule has 3 aliphatic rings.